The quantitative estimate of drug-likeness (QED) is 0.550. The zero-order valence-electron chi connectivity index (χ0n) is 11.0. The summed E-state index contributed by atoms with van der Waals surface area (Å²) in [6.45, 7) is 0. The minimum Gasteiger partial charge on any atom is -0.258 e. The summed E-state index contributed by atoms with van der Waals surface area (Å²) < 4.78 is 27.7. The van der Waals surface area contributed by atoms with Crippen LogP contribution in [0.25, 0.3) is 17.1 Å². The third kappa shape index (κ3) is 2.41. The summed E-state index contributed by atoms with van der Waals surface area (Å²) >= 11 is 0. The van der Waals surface area contributed by atoms with Crippen molar-refractivity contribution >= 4 is 5.69 Å². The van der Waals surface area contributed by atoms with Crippen LogP contribution in [-0.4, -0.2) is 19.7 Å². The Morgan fingerprint density at radius 2 is 1.82 bits per heavy atom. The van der Waals surface area contributed by atoms with Crippen LogP contribution in [0.15, 0.2) is 48.8 Å². The Morgan fingerprint density at radius 1 is 1.09 bits per heavy atom. The Bertz CT molecular complexity index is 846. The van der Waals surface area contributed by atoms with E-state index in [2.05, 4.69) is 10.1 Å². The van der Waals surface area contributed by atoms with Crippen molar-refractivity contribution in [2.24, 2.45) is 0 Å². The average Bonchev–Trinajstić information content (AvgIpc) is 2.97. The van der Waals surface area contributed by atoms with Gasteiger partial charge in [0.25, 0.3) is 0 Å². The lowest BCUT2D eigenvalue weighted by Gasteiger charge is -2.06. The van der Waals surface area contributed by atoms with Crippen molar-refractivity contribution in [1.82, 2.24) is 14.8 Å². The molecule has 0 bridgehead atoms. The van der Waals surface area contributed by atoms with Crippen LogP contribution in [-0.2, 0) is 0 Å². The molecule has 6 nitrogen and oxygen atoms in total. The molecule has 0 atom stereocenters. The van der Waals surface area contributed by atoms with Crippen LogP contribution in [0.3, 0.4) is 0 Å². The van der Waals surface area contributed by atoms with Gasteiger partial charge >= 0.3 is 5.69 Å². The van der Waals surface area contributed by atoms with Crippen molar-refractivity contribution in [2.75, 3.05) is 0 Å². The fourth-order valence-electron chi connectivity index (χ4n) is 2.00. The van der Waals surface area contributed by atoms with Gasteiger partial charge in [-0.05, 0) is 36.4 Å². The maximum Gasteiger partial charge on any atom is 0.306 e. The molecule has 0 fully saturated rings. The van der Waals surface area contributed by atoms with Gasteiger partial charge in [0.1, 0.15) is 12.1 Å². The first-order valence-electron chi connectivity index (χ1n) is 6.16. The summed E-state index contributed by atoms with van der Waals surface area (Å²) in [5.41, 5.74) is 0.203. The Labute approximate surface area is 122 Å². The van der Waals surface area contributed by atoms with Crippen LogP contribution >= 0.6 is 0 Å². The topological polar surface area (TPSA) is 73.8 Å². The van der Waals surface area contributed by atoms with Gasteiger partial charge in [-0.25, -0.2) is 14.1 Å². The normalized spacial score (nSPS) is 10.6. The molecule has 22 heavy (non-hydrogen) atoms. The molecule has 3 aromatic rings. The molecule has 0 aliphatic carbocycles. The van der Waals surface area contributed by atoms with Crippen molar-refractivity contribution in [2.45, 2.75) is 0 Å². The van der Waals surface area contributed by atoms with Crippen molar-refractivity contribution in [1.29, 1.82) is 0 Å². The van der Waals surface area contributed by atoms with Crippen LogP contribution in [0.4, 0.5) is 14.5 Å². The molecule has 0 aliphatic rings. The molecule has 3 rings (SSSR count). The SMILES string of the molecule is O=[N+]([O-])c1cc(-n2ncnc2-c2ccc(F)cc2)ccc1F. The number of benzene rings is 2. The molecule has 0 amide bonds. The highest BCUT2D eigenvalue weighted by molar-refractivity contribution is 5.58. The third-order valence-corrected chi connectivity index (χ3v) is 3.02. The Hall–Kier alpha value is -3.16. The van der Waals surface area contributed by atoms with Gasteiger partial charge in [-0.3, -0.25) is 10.1 Å². The Balaban J connectivity index is 2.11. The number of hydrogen-bond acceptors (Lipinski definition) is 4. The van der Waals surface area contributed by atoms with Gasteiger partial charge in [-0.15, -0.1) is 0 Å². The number of rotatable bonds is 3. The molecule has 1 heterocycles. The van der Waals surface area contributed by atoms with E-state index >= 15 is 0 Å². The number of nitro groups is 1. The fourth-order valence-corrected chi connectivity index (χ4v) is 2.00. The van der Waals surface area contributed by atoms with E-state index in [4.69, 9.17) is 0 Å². The summed E-state index contributed by atoms with van der Waals surface area (Å²) in [7, 11) is 0. The van der Waals surface area contributed by atoms with E-state index in [1.54, 1.807) is 0 Å². The molecular weight excluding hydrogens is 294 g/mol. The number of aromatic nitrogens is 3. The molecule has 1 aromatic heterocycles. The second kappa shape index (κ2) is 5.32. The van der Waals surface area contributed by atoms with Crippen molar-refractivity contribution in [3.8, 4) is 17.1 Å². The minimum atomic E-state index is -0.933. The van der Waals surface area contributed by atoms with Crippen LogP contribution in [0.2, 0.25) is 0 Å². The lowest BCUT2D eigenvalue weighted by Crippen LogP contribution is -2.02. The molecule has 110 valence electrons. The van der Waals surface area contributed by atoms with Crippen LogP contribution < -0.4 is 0 Å². The maximum absolute atomic E-state index is 13.4. The van der Waals surface area contributed by atoms with Gasteiger partial charge in [0.05, 0.1) is 10.6 Å². The van der Waals surface area contributed by atoms with Gasteiger partial charge < -0.3 is 0 Å². The number of halogens is 2. The number of nitro benzene ring substituents is 1. The summed E-state index contributed by atoms with van der Waals surface area (Å²) in [4.78, 5) is 14.1. The van der Waals surface area contributed by atoms with Crippen molar-refractivity contribution in [3.05, 3.63) is 70.5 Å². The van der Waals surface area contributed by atoms with Gasteiger partial charge in [0, 0.05) is 11.6 Å². The van der Waals surface area contributed by atoms with E-state index in [9.17, 15) is 18.9 Å². The second-order valence-corrected chi connectivity index (χ2v) is 4.40. The molecule has 2 aromatic carbocycles. The standard InChI is InChI=1S/C14H8F2N4O2/c15-10-3-1-9(2-4-10)14-17-8-18-19(14)11-5-6-12(16)13(7-11)20(21)22/h1-8H. The third-order valence-electron chi connectivity index (χ3n) is 3.02. The summed E-state index contributed by atoms with van der Waals surface area (Å²) in [6, 6.07) is 8.95. The van der Waals surface area contributed by atoms with Crippen molar-refractivity contribution in [3.63, 3.8) is 0 Å². The van der Waals surface area contributed by atoms with E-state index in [0.717, 1.165) is 12.1 Å². The van der Waals surface area contributed by atoms with Gasteiger partial charge in [0.2, 0.25) is 5.82 Å². The number of nitrogens with zero attached hydrogens (tertiary/aromatic N) is 4. The molecule has 0 spiro atoms. The highest BCUT2D eigenvalue weighted by Gasteiger charge is 2.17. The summed E-state index contributed by atoms with van der Waals surface area (Å²) in [5, 5.41) is 14.8. The molecule has 0 unspecified atom stereocenters. The summed E-state index contributed by atoms with van der Waals surface area (Å²) in [5.74, 6) is -0.967. The largest absolute Gasteiger partial charge is 0.306 e. The maximum atomic E-state index is 13.4. The zero-order chi connectivity index (χ0) is 15.7. The highest BCUT2D eigenvalue weighted by Crippen LogP contribution is 2.24. The first-order valence-corrected chi connectivity index (χ1v) is 6.16. The van der Waals surface area contributed by atoms with Gasteiger partial charge in [-0.1, -0.05) is 0 Å². The van der Waals surface area contributed by atoms with E-state index < -0.39 is 22.2 Å². The van der Waals surface area contributed by atoms with Crippen molar-refractivity contribution < 1.29 is 13.7 Å². The predicted molar refractivity (Wildman–Crippen MR) is 73.4 cm³/mol. The lowest BCUT2D eigenvalue weighted by molar-refractivity contribution is -0.387. The predicted octanol–water partition coefficient (Wildman–Crippen LogP) is 3.12. The summed E-state index contributed by atoms with van der Waals surface area (Å²) in [6.07, 6.45) is 1.26. The Morgan fingerprint density at radius 3 is 2.50 bits per heavy atom. The molecule has 0 aliphatic heterocycles. The van der Waals surface area contributed by atoms with Gasteiger partial charge in [-0.2, -0.15) is 9.49 Å². The molecule has 0 saturated heterocycles. The molecule has 8 heteroatoms. The van der Waals surface area contributed by atoms with Crippen LogP contribution in [0.5, 0.6) is 0 Å². The monoisotopic (exact) mass is 302 g/mol. The highest BCUT2D eigenvalue weighted by atomic mass is 19.1. The number of hydrogen-bond donors (Lipinski definition) is 0. The molecule has 0 radical (unpaired) electrons. The molecule has 0 saturated carbocycles. The van der Waals surface area contributed by atoms with E-state index in [0.29, 0.717) is 11.4 Å². The molecular formula is C14H8F2N4O2. The van der Waals surface area contributed by atoms with E-state index in [-0.39, 0.29) is 5.69 Å². The second-order valence-electron chi connectivity index (χ2n) is 4.40. The first-order chi connectivity index (χ1) is 10.6. The minimum absolute atomic E-state index is 0.282. The molecule has 0 N–H and O–H groups in total. The van der Waals surface area contributed by atoms with Gasteiger partial charge in [0.15, 0.2) is 5.82 Å². The Kier molecular flexibility index (Phi) is 3.34. The first kappa shape index (κ1) is 13.8. The average molecular weight is 302 g/mol. The zero-order valence-corrected chi connectivity index (χ0v) is 11.0. The smallest absolute Gasteiger partial charge is 0.258 e. The van der Waals surface area contributed by atoms with E-state index in [1.165, 1.54) is 41.3 Å². The van der Waals surface area contributed by atoms with Crippen LogP contribution in [0, 0.1) is 21.7 Å². The van der Waals surface area contributed by atoms with E-state index in [1.807, 2.05) is 0 Å². The van der Waals surface area contributed by atoms with Crippen LogP contribution in [0.1, 0.15) is 0 Å². The lowest BCUT2D eigenvalue weighted by atomic mass is 10.2. The fraction of sp³-hybridized carbons (Fsp3) is 0.